The Morgan fingerprint density at radius 1 is 1.06 bits per heavy atom. The monoisotopic (exact) mass is 246 g/mol. The lowest BCUT2D eigenvalue weighted by atomic mass is 9.95. The van der Waals surface area contributed by atoms with Crippen LogP contribution in [0.15, 0.2) is 17.6 Å². The number of nitrogens with zero attached hydrogens (tertiary/aromatic N) is 1. The summed E-state index contributed by atoms with van der Waals surface area (Å²) >= 11 is 1.64. The molecule has 0 amide bonds. The SMILES string of the molecule is Cc1cc(C)c(C(N)c2scnc2C)cc1C. The Labute approximate surface area is 107 Å². The zero-order valence-corrected chi connectivity index (χ0v) is 11.6. The van der Waals surface area contributed by atoms with E-state index in [1.54, 1.807) is 11.3 Å². The minimum Gasteiger partial charge on any atom is -0.320 e. The van der Waals surface area contributed by atoms with Crippen molar-refractivity contribution in [3.63, 3.8) is 0 Å². The molecule has 0 aliphatic carbocycles. The molecule has 0 fully saturated rings. The molecule has 1 aromatic carbocycles. The fourth-order valence-corrected chi connectivity index (χ4v) is 2.89. The van der Waals surface area contributed by atoms with Gasteiger partial charge in [0.15, 0.2) is 0 Å². The number of benzene rings is 1. The Bertz CT molecular complexity index is 543. The molecule has 1 unspecified atom stereocenters. The summed E-state index contributed by atoms with van der Waals surface area (Å²) in [5.41, 5.74) is 14.3. The third-order valence-electron chi connectivity index (χ3n) is 3.28. The quantitative estimate of drug-likeness (QED) is 0.881. The Kier molecular flexibility index (Phi) is 3.31. The van der Waals surface area contributed by atoms with E-state index < -0.39 is 0 Å². The van der Waals surface area contributed by atoms with Gasteiger partial charge in [-0.15, -0.1) is 11.3 Å². The highest BCUT2D eigenvalue weighted by Gasteiger charge is 2.16. The third-order valence-corrected chi connectivity index (χ3v) is 4.30. The second-order valence-corrected chi connectivity index (χ2v) is 5.46. The first-order chi connectivity index (χ1) is 8.00. The summed E-state index contributed by atoms with van der Waals surface area (Å²) in [6, 6.07) is 4.36. The molecule has 0 radical (unpaired) electrons. The highest BCUT2D eigenvalue weighted by atomic mass is 32.1. The van der Waals surface area contributed by atoms with Crippen LogP contribution in [0.3, 0.4) is 0 Å². The predicted octanol–water partition coefficient (Wildman–Crippen LogP) is 3.42. The average Bonchev–Trinajstić information content (AvgIpc) is 2.69. The van der Waals surface area contributed by atoms with Crippen LogP contribution >= 0.6 is 11.3 Å². The van der Waals surface area contributed by atoms with Gasteiger partial charge < -0.3 is 5.73 Å². The number of nitrogens with two attached hydrogens (primary N) is 1. The van der Waals surface area contributed by atoms with Gasteiger partial charge in [-0.3, -0.25) is 0 Å². The molecule has 0 saturated carbocycles. The van der Waals surface area contributed by atoms with Crippen LogP contribution in [0.5, 0.6) is 0 Å². The fraction of sp³-hybridized carbons (Fsp3) is 0.357. The molecule has 17 heavy (non-hydrogen) atoms. The highest BCUT2D eigenvalue weighted by Crippen LogP contribution is 2.29. The largest absolute Gasteiger partial charge is 0.320 e. The van der Waals surface area contributed by atoms with Crippen LogP contribution in [-0.2, 0) is 0 Å². The van der Waals surface area contributed by atoms with Crippen LogP contribution in [0.4, 0.5) is 0 Å². The van der Waals surface area contributed by atoms with Crippen molar-refractivity contribution in [3.8, 4) is 0 Å². The molecule has 2 nitrogen and oxygen atoms in total. The standard InChI is InChI=1S/C14H18N2S/c1-8-5-10(3)12(6-9(8)2)13(15)14-11(4)16-7-17-14/h5-7,13H,15H2,1-4H3. The maximum atomic E-state index is 6.35. The molecule has 90 valence electrons. The van der Waals surface area contributed by atoms with Crippen LogP contribution in [0.25, 0.3) is 0 Å². The van der Waals surface area contributed by atoms with E-state index in [1.165, 1.54) is 22.3 Å². The summed E-state index contributed by atoms with van der Waals surface area (Å²) in [5.74, 6) is 0. The Morgan fingerprint density at radius 2 is 1.71 bits per heavy atom. The number of aryl methyl sites for hydroxylation is 4. The molecule has 0 spiro atoms. The van der Waals surface area contributed by atoms with Crippen LogP contribution < -0.4 is 5.73 Å². The highest BCUT2D eigenvalue weighted by molar-refractivity contribution is 7.09. The summed E-state index contributed by atoms with van der Waals surface area (Å²) in [7, 11) is 0. The Balaban J connectivity index is 2.48. The van der Waals surface area contributed by atoms with Crippen molar-refractivity contribution in [2.24, 2.45) is 5.73 Å². The lowest BCUT2D eigenvalue weighted by molar-refractivity contribution is 0.864. The molecule has 3 heteroatoms. The van der Waals surface area contributed by atoms with E-state index in [0.29, 0.717) is 0 Å². The molecule has 1 heterocycles. The lowest BCUT2D eigenvalue weighted by Crippen LogP contribution is -2.13. The summed E-state index contributed by atoms with van der Waals surface area (Å²) in [6.07, 6.45) is 0. The van der Waals surface area contributed by atoms with Crippen LogP contribution in [0.2, 0.25) is 0 Å². The summed E-state index contributed by atoms with van der Waals surface area (Å²) in [6.45, 7) is 8.40. The van der Waals surface area contributed by atoms with E-state index in [9.17, 15) is 0 Å². The van der Waals surface area contributed by atoms with E-state index in [2.05, 4.69) is 37.9 Å². The van der Waals surface area contributed by atoms with Crippen molar-refractivity contribution in [2.75, 3.05) is 0 Å². The maximum absolute atomic E-state index is 6.35. The van der Waals surface area contributed by atoms with Gasteiger partial charge in [0.2, 0.25) is 0 Å². The van der Waals surface area contributed by atoms with Crippen molar-refractivity contribution in [3.05, 3.63) is 50.5 Å². The minimum absolute atomic E-state index is 0.0539. The van der Waals surface area contributed by atoms with Crippen molar-refractivity contribution >= 4 is 11.3 Å². The molecule has 0 saturated heterocycles. The van der Waals surface area contributed by atoms with Crippen molar-refractivity contribution < 1.29 is 0 Å². The minimum atomic E-state index is -0.0539. The first-order valence-corrected chi connectivity index (χ1v) is 6.62. The van der Waals surface area contributed by atoms with E-state index in [-0.39, 0.29) is 6.04 Å². The molecule has 2 N–H and O–H groups in total. The van der Waals surface area contributed by atoms with Crippen molar-refractivity contribution in [1.29, 1.82) is 0 Å². The van der Waals surface area contributed by atoms with Gasteiger partial charge in [-0.25, -0.2) is 4.98 Å². The van der Waals surface area contributed by atoms with Gasteiger partial charge in [0.05, 0.1) is 17.2 Å². The number of hydrogen-bond acceptors (Lipinski definition) is 3. The van der Waals surface area contributed by atoms with Gasteiger partial charge >= 0.3 is 0 Å². The molecular weight excluding hydrogens is 228 g/mol. The molecule has 2 aromatic rings. The van der Waals surface area contributed by atoms with Crippen LogP contribution in [0.1, 0.15) is 38.9 Å². The predicted molar refractivity (Wildman–Crippen MR) is 73.5 cm³/mol. The number of rotatable bonds is 2. The van der Waals surface area contributed by atoms with Crippen molar-refractivity contribution in [1.82, 2.24) is 4.98 Å². The second-order valence-electron chi connectivity index (χ2n) is 4.57. The van der Waals surface area contributed by atoms with Crippen LogP contribution in [-0.4, -0.2) is 4.98 Å². The zero-order valence-electron chi connectivity index (χ0n) is 10.7. The Morgan fingerprint density at radius 3 is 2.29 bits per heavy atom. The first kappa shape index (κ1) is 12.3. The first-order valence-electron chi connectivity index (χ1n) is 5.74. The summed E-state index contributed by atoms with van der Waals surface area (Å²) in [4.78, 5) is 5.43. The smallest absolute Gasteiger partial charge is 0.0798 e. The van der Waals surface area contributed by atoms with E-state index >= 15 is 0 Å². The van der Waals surface area contributed by atoms with Gasteiger partial charge in [-0.2, -0.15) is 0 Å². The number of hydrogen-bond donors (Lipinski definition) is 1. The maximum Gasteiger partial charge on any atom is 0.0798 e. The van der Waals surface area contributed by atoms with Gasteiger partial charge in [0.25, 0.3) is 0 Å². The van der Waals surface area contributed by atoms with Gasteiger partial charge in [0, 0.05) is 4.88 Å². The van der Waals surface area contributed by atoms with E-state index in [1.807, 2.05) is 12.4 Å². The molecule has 0 aliphatic rings. The zero-order chi connectivity index (χ0) is 12.6. The average molecular weight is 246 g/mol. The fourth-order valence-electron chi connectivity index (χ4n) is 2.07. The van der Waals surface area contributed by atoms with Gasteiger partial charge in [0.1, 0.15) is 0 Å². The van der Waals surface area contributed by atoms with Gasteiger partial charge in [-0.1, -0.05) is 12.1 Å². The third kappa shape index (κ3) is 2.26. The van der Waals surface area contributed by atoms with Gasteiger partial charge in [-0.05, 0) is 49.9 Å². The normalized spacial score (nSPS) is 12.8. The molecule has 0 aliphatic heterocycles. The van der Waals surface area contributed by atoms with E-state index in [0.717, 1.165) is 10.6 Å². The molecule has 1 atom stereocenters. The van der Waals surface area contributed by atoms with Crippen molar-refractivity contribution in [2.45, 2.75) is 33.7 Å². The Hall–Kier alpha value is -1.19. The number of thiazole rings is 1. The van der Waals surface area contributed by atoms with Crippen LogP contribution in [0, 0.1) is 27.7 Å². The second kappa shape index (κ2) is 4.59. The van der Waals surface area contributed by atoms with E-state index in [4.69, 9.17) is 5.73 Å². The number of aromatic nitrogens is 1. The summed E-state index contributed by atoms with van der Waals surface area (Å²) < 4.78 is 0. The molecular formula is C14H18N2S. The lowest BCUT2D eigenvalue weighted by Gasteiger charge is -2.16. The molecule has 0 bridgehead atoms. The topological polar surface area (TPSA) is 38.9 Å². The summed E-state index contributed by atoms with van der Waals surface area (Å²) in [5, 5.41) is 0. The molecule has 2 rings (SSSR count). The molecule has 1 aromatic heterocycles.